The Morgan fingerprint density at radius 3 is 2.21 bits per heavy atom. The zero-order chi connectivity index (χ0) is 25.1. The molecule has 0 amide bonds. The van der Waals surface area contributed by atoms with E-state index in [-0.39, 0.29) is 27.4 Å². The number of aliphatic hydroxyl groups is 1. The van der Waals surface area contributed by atoms with Gasteiger partial charge in [-0.05, 0) is 104 Å². The highest BCUT2D eigenvalue weighted by Gasteiger charge is 2.69. The van der Waals surface area contributed by atoms with E-state index < -0.39 is 22.9 Å². The van der Waals surface area contributed by atoms with Gasteiger partial charge in [0.2, 0.25) is 0 Å². The van der Waals surface area contributed by atoms with Crippen LogP contribution in [0.2, 0.25) is 0 Å². The second kappa shape index (κ2) is 6.99. The van der Waals surface area contributed by atoms with E-state index in [0.717, 1.165) is 51.4 Å². The Hall–Kier alpha value is -1.16. The van der Waals surface area contributed by atoms with Gasteiger partial charge in [0.25, 0.3) is 0 Å². The van der Waals surface area contributed by atoms with Gasteiger partial charge in [-0.15, -0.1) is 0 Å². The first kappa shape index (κ1) is 24.5. The number of carbonyl (C=O) groups is 2. The van der Waals surface area contributed by atoms with E-state index in [1.165, 1.54) is 0 Å². The minimum Gasteiger partial charge on any atom is -0.481 e. The van der Waals surface area contributed by atoms with Crippen LogP contribution in [0.1, 0.15) is 106 Å². The molecule has 34 heavy (non-hydrogen) atoms. The molecule has 5 aliphatic carbocycles. The first-order valence-electron chi connectivity index (χ1n) is 13.7. The average molecular weight is 471 g/mol. The monoisotopic (exact) mass is 470 g/mol. The van der Waals surface area contributed by atoms with Gasteiger partial charge in [-0.3, -0.25) is 9.59 Å². The fourth-order valence-electron chi connectivity index (χ4n) is 10.5. The molecule has 0 aliphatic heterocycles. The van der Waals surface area contributed by atoms with Gasteiger partial charge in [0.1, 0.15) is 6.10 Å². The smallest absolute Gasteiger partial charge is 0.309 e. The van der Waals surface area contributed by atoms with Crippen molar-refractivity contribution in [1.29, 1.82) is 0 Å². The molecule has 0 spiro atoms. The van der Waals surface area contributed by atoms with Crippen molar-refractivity contribution in [1.82, 2.24) is 0 Å². The molecule has 9 atom stereocenters. The van der Waals surface area contributed by atoms with Crippen LogP contribution in [0, 0.1) is 50.2 Å². The Morgan fingerprint density at radius 1 is 0.912 bits per heavy atom. The van der Waals surface area contributed by atoms with Gasteiger partial charge in [-0.2, -0.15) is 0 Å². The van der Waals surface area contributed by atoms with Crippen molar-refractivity contribution in [3.8, 4) is 0 Å². The van der Waals surface area contributed by atoms with Gasteiger partial charge in [0.05, 0.1) is 5.41 Å². The molecule has 5 rings (SSSR count). The maximum atomic E-state index is 13.0. The second-order valence-corrected chi connectivity index (χ2v) is 14.9. The lowest BCUT2D eigenvalue weighted by Gasteiger charge is -2.71. The largest absolute Gasteiger partial charge is 0.481 e. The molecule has 2 N–H and O–H groups in total. The van der Waals surface area contributed by atoms with Crippen molar-refractivity contribution in [2.24, 2.45) is 50.2 Å². The highest BCUT2D eigenvalue weighted by Crippen LogP contribution is 2.75. The van der Waals surface area contributed by atoms with E-state index in [4.69, 9.17) is 0 Å². The molecule has 1 unspecified atom stereocenters. The molecule has 5 aliphatic rings. The predicted octanol–water partition coefficient (Wildman–Crippen LogP) is 6.41. The summed E-state index contributed by atoms with van der Waals surface area (Å²) in [5.74, 6) is 0.443. The number of hydrogen-bond acceptors (Lipinski definition) is 3. The van der Waals surface area contributed by atoms with E-state index in [9.17, 15) is 19.8 Å². The number of rotatable bonds is 1. The van der Waals surface area contributed by atoms with Crippen molar-refractivity contribution < 1.29 is 19.8 Å². The van der Waals surface area contributed by atoms with Gasteiger partial charge in [-0.25, -0.2) is 0 Å². The number of aliphatic hydroxyl groups excluding tert-OH is 1. The number of carboxylic acid groups (broad SMARTS) is 1. The Labute approximate surface area is 206 Å². The molecule has 0 aromatic heterocycles. The van der Waals surface area contributed by atoms with Crippen LogP contribution in [0.15, 0.2) is 11.6 Å². The van der Waals surface area contributed by atoms with Crippen LogP contribution in [0.3, 0.4) is 0 Å². The van der Waals surface area contributed by atoms with Crippen LogP contribution < -0.4 is 0 Å². The molecule has 0 aromatic rings. The van der Waals surface area contributed by atoms with E-state index in [1.54, 1.807) is 5.57 Å². The maximum absolute atomic E-state index is 13.0. The molecule has 4 saturated carbocycles. The third-order valence-corrected chi connectivity index (χ3v) is 13.1. The quantitative estimate of drug-likeness (QED) is 0.434. The van der Waals surface area contributed by atoms with Gasteiger partial charge in [0.15, 0.2) is 5.78 Å². The third kappa shape index (κ3) is 2.81. The zero-order valence-electron chi connectivity index (χ0n) is 22.5. The SMILES string of the molecule is CC1(C)C(=O)C(O)C[C@]2(C)[C@H]3CC=C4[C@@H]5C[C@@](C)(C(=O)O)CC[C@]5(C)CC[C@@]4(C)[C@]3(C)CC[C@@H]12. The summed E-state index contributed by atoms with van der Waals surface area (Å²) < 4.78 is 0. The lowest BCUT2D eigenvalue weighted by molar-refractivity contribution is -0.198. The molecule has 0 aromatic carbocycles. The molecular formula is C30H46O4. The summed E-state index contributed by atoms with van der Waals surface area (Å²) >= 11 is 0. The summed E-state index contributed by atoms with van der Waals surface area (Å²) in [7, 11) is 0. The standard InChI is InChI=1S/C30H46O4/c1-25(2)21-10-11-30(7)22(28(21,5)17-20(31)23(25)32)9-8-18-19-16-27(4,24(33)34)13-12-26(19,3)14-15-29(18,30)6/h8,19-22,31H,9-17H2,1-7H3,(H,33,34)/t19-,20?,21-,22+,26+,27-,28-,29+,30+/m0/s1. The minimum absolute atomic E-state index is 0.0282. The van der Waals surface area contributed by atoms with Gasteiger partial charge in [0, 0.05) is 5.41 Å². The molecule has 0 bridgehead atoms. The van der Waals surface area contributed by atoms with Gasteiger partial charge < -0.3 is 10.2 Å². The van der Waals surface area contributed by atoms with Crippen molar-refractivity contribution in [2.75, 3.05) is 0 Å². The van der Waals surface area contributed by atoms with E-state index >= 15 is 0 Å². The van der Waals surface area contributed by atoms with E-state index in [1.807, 2.05) is 6.92 Å². The topological polar surface area (TPSA) is 74.6 Å². The molecule has 4 nitrogen and oxygen atoms in total. The average Bonchev–Trinajstić information content (AvgIpc) is 2.74. The predicted molar refractivity (Wildman–Crippen MR) is 133 cm³/mol. The first-order valence-corrected chi connectivity index (χ1v) is 13.7. The number of hydrogen-bond donors (Lipinski definition) is 2. The zero-order valence-corrected chi connectivity index (χ0v) is 22.5. The summed E-state index contributed by atoms with van der Waals surface area (Å²) in [5, 5.41) is 20.9. The summed E-state index contributed by atoms with van der Waals surface area (Å²) in [5.41, 5.74) is 0.677. The van der Waals surface area contributed by atoms with Crippen molar-refractivity contribution in [3.63, 3.8) is 0 Å². The van der Waals surface area contributed by atoms with Crippen molar-refractivity contribution in [3.05, 3.63) is 11.6 Å². The molecule has 190 valence electrons. The lowest BCUT2D eigenvalue weighted by atomic mass is 9.33. The number of ketones is 1. The minimum atomic E-state index is -0.860. The normalized spacial score (nSPS) is 54.1. The van der Waals surface area contributed by atoms with Crippen LogP contribution in [0.25, 0.3) is 0 Å². The number of carboxylic acids is 1. The highest BCUT2D eigenvalue weighted by molar-refractivity contribution is 5.89. The van der Waals surface area contributed by atoms with Gasteiger partial charge in [-0.1, -0.05) is 53.2 Å². The summed E-state index contributed by atoms with van der Waals surface area (Å²) in [6.07, 6.45) is 10.2. The molecule has 4 heteroatoms. The fourth-order valence-corrected chi connectivity index (χ4v) is 10.5. The van der Waals surface area contributed by atoms with Crippen LogP contribution >= 0.6 is 0 Å². The molecule has 0 saturated heterocycles. The van der Waals surface area contributed by atoms with Crippen molar-refractivity contribution in [2.45, 2.75) is 112 Å². The van der Waals surface area contributed by atoms with E-state index in [2.05, 4.69) is 47.6 Å². The molecule has 0 heterocycles. The van der Waals surface area contributed by atoms with Crippen LogP contribution in [-0.2, 0) is 9.59 Å². The maximum Gasteiger partial charge on any atom is 0.309 e. The van der Waals surface area contributed by atoms with Crippen LogP contribution in [-0.4, -0.2) is 28.1 Å². The summed E-state index contributed by atoms with van der Waals surface area (Å²) in [4.78, 5) is 25.2. The molecule has 4 fully saturated rings. The van der Waals surface area contributed by atoms with E-state index in [0.29, 0.717) is 24.2 Å². The second-order valence-electron chi connectivity index (χ2n) is 14.9. The highest BCUT2D eigenvalue weighted by atomic mass is 16.4. The Balaban J connectivity index is 1.59. The number of fused-ring (bicyclic) bond motifs is 7. The van der Waals surface area contributed by atoms with Gasteiger partial charge >= 0.3 is 5.97 Å². The van der Waals surface area contributed by atoms with Crippen LogP contribution in [0.5, 0.6) is 0 Å². The van der Waals surface area contributed by atoms with Crippen molar-refractivity contribution >= 4 is 11.8 Å². The number of Topliss-reactive ketones (excluding diaryl/α,β-unsaturated/α-hetero) is 1. The fraction of sp³-hybridized carbons (Fsp3) is 0.867. The molecule has 0 radical (unpaired) electrons. The Kier molecular flexibility index (Phi) is 5.04. The summed E-state index contributed by atoms with van der Waals surface area (Å²) in [6, 6.07) is 0. The Morgan fingerprint density at radius 2 is 1.56 bits per heavy atom. The molecular weight excluding hydrogens is 424 g/mol. The Bertz CT molecular complexity index is 965. The number of aliphatic carboxylic acids is 1. The summed E-state index contributed by atoms with van der Waals surface area (Å²) in [6.45, 7) is 15.9. The third-order valence-electron chi connectivity index (χ3n) is 13.1. The van der Waals surface area contributed by atoms with Crippen LogP contribution in [0.4, 0.5) is 0 Å². The lowest BCUT2D eigenvalue weighted by Crippen LogP contribution is -2.66. The number of allylic oxidation sites excluding steroid dienone is 2. The number of carbonyl (C=O) groups excluding carboxylic acids is 1. The first-order chi connectivity index (χ1) is 15.6.